The normalized spacial score (nSPS) is 9.94. The zero-order valence-electron chi connectivity index (χ0n) is 10.8. The van der Waals surface area contributed by atoms with E-state index in [1.54, 1.807) is 32.4 Å². The summed E-state index contributed by atoms with van der Waals surface area (Å²) in [5, 5.41) is 0. The molecular formula is C13H17NO4. The molecular weight excluding hydrogens is 234 g/mol. The fraction of sp³-hybridized carbons (Fsp3) is 0.385. The Morgan fingerprint density at radius 2 is 2.00 bits per heavy atom. The van der Waals surface area contributed by atoms with Crippen LogP contribution in [0.2, 0.25) is 0 Å². The van der Waals surface area contributed by atoms with Crippen molar-refractivity contribution in [2.45, 2.75) is 6.61 Å². The fourth-order valence-corrected chi connectivity index (χ4v) is 1.51. The van der Waals surface area contributed by atoms with Gasteiger partial charge in [-0.2, -0.15) is 0 Å². The SMILES string of the molecule is COCc1cccc(C(=O)N(C)CC(=O)OC)c1. The molecule has 0 saturated heterocycles. The second kappa shape index (κ2) is 6.76. The first-order valence-electron chi connectivity index (χ1n) is 5.48. The first kappa shape index (κ1) is 14.2. The van der Waals surface area contributed by atoms with Crippen molar-refractivity contribution in [2.24, 2.45) is 0 Å². The first-order chi connectivity index (χ1) is 8.58. The van der Waals surface area contributed by atoms with Gasteiger partial charge in [-0.25, -0.2) is 0 Å². The number of hydrogen-bond acceptors (Lipinski definition) is 4. The van der Waals surface area contributed by atoms with Crippen molar-refractivity contribution >= 4 is 11.9 Å². The Morgan fingerprint density at radius 3 is 2.61 bits per heavy atom. The van der Waals surface area contributed by atoms with Crippen LogP contribution in [0, 0.1) is 0 Å². The Balaban J connectivity index is 2.76. The summed E-state index contributed by atoms with van der Waals surface area (Å²) < 4.78 is 9.52. The van der Waals surface area contributed by atoms with E-state index in [1.807, 2.05) is 6.07 Å². The summed E-state index contributed by atoms with van der Waals surface area (Å²) in [5.74, 6) is -0.669. The predicted octanol–water partition coefficient (Wildman–Crippen LogP) is 1.08. The Hall–Kier alpha value is -1.88. The molecule has 5 heteroatoms. The molecule has 0 fully saturated rings. The largest absolute Gasteiger partial charge is 0.468 e. The molecule has 0 aliphatic carbocycles. The molecule has 1 aromatic carbocycles. The van der Waals surface area contributed by atoms with E-state index in [9.17, 15) is 9.59 Å². The van der Waals surface area contributed by atoms with Crippen LogP contribution >= 0.6 is 0 Å². The van der Waals surface area contributed by atoms with E-state index in [-0.39, 0.29) is 12.5 Å². The number of likely N-dealkylation sites (N-methyl/N-ethyl adjacent to an activating group) is 1. The van der Waals surface area contributed by atoms with E-state index in [0.717, 1.165) is 5.56 Å². The number of nitrogens with zero attached hydrogens (tertiary/aromatic N) is 1. The molecule has 0 aromatic heterocycles. The third-order valence-corrected chi connectivity index (χ3v) is 2.43. The second-order valence-electron chi connectivity index (χ2n) is 3.87. The molecule has 1 rings (SSSR count). The smallest absolute Gasteiger partial charge is 0.325 e. The highest BCUT2D eigenvalue weighted by Gasteiger charge is 2.15. The quantitative estimate of drug-likeness (QED) is 0.735. The third kappa shape index (κ3) is 3.85. The highest BCUT2D eigenvalue weighted by atomic mass is 16.5. The lowest BCUT2D eigenvalue weighted by atomic mass is 10.1. The minimum atomic E-state index is -0.445. The lowest BCUT2D eigenvalue weighted by Gasteiger charge is -2.16. The number of carbonyl (C=O) groups excluding carboxylic acids is 2. The number of methoxy groups -OCH3 is 2. The summed E-state index contributed by atoms with van der Waals surface area (Å²) in [5.41, 5.74) is 1.44. The van der Waals surface area contributed by atoms with Gasteiger partial charge in [0, 0.05) is 19.7 Å². The van der Waals surface area contributed by atoms with Crippen molar-refractivity contribution in [3.63, 3.8) is 0 Å². The Bertz CT molecular complexity index is 431. The van der Waals surface area contributed by atoms with Crippen LogP contribution in [-0.4, -0.2) is 44.6 Å². The topological polar surface area (TPSA) is 55.8 Å². The van der Waals surface area contributed by atoms with Gasteiger partial charge in [0.25, 0.3) is 5.91 Å². The molecule has 0 atom stereocenters. The van der Waals surface area contributed by atoms with Crippen LogP contribution in [0.5, 0.6) is 0 Å². The van der Waals surface area contributed by atoms with Gasteiger partial charge in [0.1, 0.15) is 6.54 Å². The molecule has 98 valence electrons. The van der Waals surface area contributed by atoms with Crippen molar-refractivity contribution < 1.29 is 19.1 Å². The summed E-state index contributed by atoms with van der Waals surface area (Å²) in [6.07, 6.45) is 0. The van der Waals surface area contributed by atoms with Crippen molar-refractivity contribution in [1.82, 2.24) is 4.90 Å². The molecule has 0 aliphatic heterocycles. The zero-order chi connectivity index (χ0) is 13.5. The molecule has 0 radical (unpaired) electrons. The van der Waals surface area contributed by atoms with Gasteiger partial charge in [-0.15, -0.1) is 0 Å². The highest BCUT2D eigenvalue weighted by Crippen LogP contribution is 2.08. The Kier molecular flexibility index (Phi) is 5.32. The van der Waals surface area contributed by atoms with Gasteiger partial charge in [0.2, 0.25) is 0 Å². The molecule has 0 saturated carbocycles. The molecule has 0 unspecified atom stereocenters. The van der Waals surface area contributed by atoms with Crippen molar-refractivity contribution in [3.8, 4) is 0 Å². The second-order valence-corrected chi connectivity index (χ2v) is 3.87. The lowest BCUT2D eigenvalue weighted by molar-refractivity contribution is -0.141. The summed E-state index contributed by atoms with van der Waals surface area (Å²) in [4.78, 5) is 24.4. The fourth-order valence-electron chi connectivity index (χ4n) is 1.51. The van der Waals surface area contributed by atoms with Crippen molar-refractivity contribution in [2.75, 3.05) is 27.8 Å². The third-order valence-electron chi connectivity index (χ3n) is 2.43. The van der Waals surface area contributed by atoms with E-state index in [4.69, 9.17) is 4.74 Å². The van der Waals surface area contributed by atoms with E-state index in [1.165, 1.54) is 12.0 Å². The number of carbonyl (C=O) groups is 2. The van der Waals surface area contributed by atoms with Gasteiger partial charge in [0.05, 0.1) is 13.7 Å². The number of benzene rings is 1. The van der Waals surface area contributed by atoms with Gasteiger partial charge in [-0.3, -0.25) is 9.59 Å². The van der Waals surface area contributed by atoms with E-state index >= 15 is 0 Å². The molecule has 0 aliphatic rings. The van der Waals surface area contributed by atoms with Crippen LogP contribution in [0.4, 0.5) is 0 Å². The highest BCUT2D eigenvalue weighted by molar-refractivity contribution is 5.95. The zero-order valence-corrected chi connectivity index (χ0v) is 10.8. The average Bonchev–Trinajstić information content (AvgIpc) is 2.38. The molecule has 0 bridgehead atoms. The van der Waals surface area contributed by atoms with Gasteiger partial charge < -0.3 is 14.4 Å². The molecule has 1 amide bonds. The molecule has 0 heterocycles. The minimum absolute atomic E-state index is 0.0656. The number of ether oxygens (including phenoxy) is 2. The number of hydrogen-bond donors (Lipinski definition) is 0. The van der Waals surface area contributed by atoms with Crippen LogP contribution in [0.15, 0.2) is 24.3 Å². The van der Waals surface area contributed by atoms with Crippen LogP contribution in [0.3, 0.4) is 0 Å². The number of esters is 1. The number of amides is 1. The molecule has 5 nitrogen and oxygen atoms in total. The molecule has 18 heavy (non-hydrogen) atoms. The average molecular weight is 251 g/mol. The Labute approximate surface area is 106 Å². The Morgan fingerprint density at radius 1 is 1.28 bits per heavy atom. The maximum atomic E-state index is 12.0. The van der Waals surface area contributed by atoms with Crippen LogP contribution in [0.25, 0.3) is 0 Å². The number of rotatable bonds is 5. The standard InChI is InChI=1S/C13H17NO4/c1-14(8-12(15)18-3)13(16)11-6-4-5-10(7-11)9-17-2/h4-7H,8-9H2,1-3H3. The maximum Gasteiger partial charge on any atom is 0.325 e. The lowest BCUT2D eigenvalue weighted by Crippen LogP contribution is -2.32. The monoisotopic (exact) mass is 251 g/mol. The van der Waals surface area contributed by atoms with Gasteiger partial charge >= 0.3 is 5.97 Å². The predicted molar refractivity (Wildman–Crippen MR) is 66.1 cm³/mol. The van der Waals surface area contributed by atoms with E-state index in [0.29, 0.717) is 12.2 Å². The van der Waals surface area contributed by atoms with Gasteiger partial charge in [-0.05, 0) is 17.7 Å². The van der Waals surface area contributed by atoms with Crippen LogP contribution < -0.4 is 0 Å². The van der Waals surface area contributed by atoms with Crippen LogP contribution in [0.1, 0.15) is 15.9 Å². The maximum absolute atomic E-state index is 12.0. The summed E-state index contributed by atoms with van der Waals surface area (Å²) in [6.45, 7) is 0.381. The van der Waals surface area contributed by atoms with E-state index in [2.05, 4.69) is 4.74 Å². The summed E-state index contributed by atoms with van der Waals surface area (Å²) in [7, 11) is 4.44. The van der Waals surface area contributed by atoms with E-state index < -0.39 is 5.97 Å². The molecule has 0 N–H and O–H groups in total. The van der Waals surface area contributed by atoms with Crippen LogP contribution in [-0.2, 0) is 20.9 Å². The molecule has 0 spiro atoms. The first-order valence-corrected chi connectivity index (χ1v) is 5.48. The van der Waals surface area contributed by atoms with Crippen molar-refractivity contribution in [3.05, 3.63) is 35.4 Å². The minimum Gasteiger partial charge on any atom is -0.468 e. The van der Waals surface area contributed by atoms with Gasteiger partial charge in [0.15, 0.2) is 0 Å². The summed E-state index contributed by atoms with van der Waals surface area (Å²) >= 11 is 0. The molecule has 1 aromatic rings. The summed E-state index contributed by atoms with van der Waals surface area (Å²) in [6, 6.07) is 7.11. The van der Waals surface area contributed by atoms with Gasteiger partial charge in [-0.1, -0.05) is 12.1 Å². The van der Waals surface area contributed by atoms with Crippen molar-refractivity contribution in [1.29, 1.82) is 0 Å².